The maximum Gasteiger partial charge on any atom is 0.326 e. The van der Waals surface area contributed by atoms with E-state index in [1.807, 2.05) is 13.2 Å². The number of nitrogens with two attached hydrogens (primary N) is 3. The van der Waals surface area contributed by atoms with Crippen molar-refractivity contribution >= 4 is 47.3 Å². The molecule has 0 heterocycles. The highest BCUT2D eigenvalue weighted by Gasteiger charge is 2.32. The molecule has 194 valence electrons. The minimum atomic E-state index is -1.63. The summed E-state index contributed by atoms with van der Waals surface area (Å²) in [5.41, 5.74) is 16.0. The predicted molar refractivity (Wildman–Crippen MR) is 126 cm³/mol. The second-order valence-electron chi connectivity index (χ2n) is 7.90. The van der Waals surface area contributed by atoms with Gasteiger partial charge in [-0.05, 0) is 30.8 Å². The summed E-state index contributed by atoms with van der Waals surface area (Å²) in [4.78, 5) is 71.8. The Morgan fingerprint density at radius 1 is 0.882 bits per heavy atom. The van der Waals surface area contributed by atoms with Crippen LogP contribution in [0.3, 0.4) is 0 Å². The van der Waals surface area contributed by atoms with Crippen molar-refractivity contribution < 1.29 is 33.9 Å². The Kier molecular flexibility index (Phi) is 14.5. The molecule has 0 rings (SSSR count). The number of primary amides is 2. The quantitative estimate of drug-likeness (QED) is 0.113. The van der Waals surface area contributed by atoms with Crippen LogP contribution in [0.4, 0.5) is 0 Å². The van der Waals surface area contributed by atoms with Crippen molar-refractivity contribution in [1.29, 1.82) is 0 Å². The third-order valence-electron chi connectivity index (χ3n) is 5.10. The van der Waals surface area contributed by atoms with Gasteiger partial charge in [-0.25, -0.2) is 4.79 Å². The van der Waals surface area contributed by atoms with Crippen molar-refractivity contribution in [1.82, 2.24) is 16.0 Å². The molecule has 0 spiro atoms. The summed E-state index contributed by atoms with van der Waals surface area (Å²) in [5, 5.41) is 16.4. The van der Waals surface area contributed by atoms with Crippen molar-refractivity contribution in [3.63, 3.8) is 0 Å². The van der Waals surface area contributed by atoms with Gasteiger partial charge in [0.05, 0.1) is 12.5 Å². The van der Waals surface area contributed by atoms with Crippen LogP contribution >= 0.6 is 11.8 Å². The first-order valence-electron chi connectivity index (χ1n) is 10.8. The highest BCUT2D eigenvalue weighted by atomic mass is 32.2. The van der Waals surface area contributed by atoms with Gasteiger partial charge in [-0.3, -0.25) is 24.0 Å². The lowest BCUT2D eigenvalue weighted by molar-refractivity contribution is -0.144. The number of carboxylic acids is 1. The molecular formula is C20H36N6O7S. The Morgan fingerprint density at radius 3 is 1.94 bits per heavy atom. The lowest BCUT2D eigenvalue weighted by atomic mass is 9.97. The number of carbonyl (C=O) groups is 6. The molecule has 0 saturated heterocycles. The zero-order valence-corrected chi connectivity index (χ0v) is 20.5. The van der Waals surface area contributed by atoms with E-state index in [9.17, 15) is 33.9 Å². The fourth-order valence-electron chi connectivity index (χ4n) is 2.83. The molecule has 0 aromatic carbocycles. The van der Waals surface area contributed by atoms with Gasteiger partial charge in [0.25, 0.3) is 0 Å². The number of carbonyl (C=O) groups excluding carboxylic acids is 5. The van der Waals surface area contributed by atoms with Gasteiger partial charge in [0.15, 0.2) is 0 Å². The summed E-state index contributed by atoms with van der Waals surface area (Å²) in [6.45, 7) is 3.53. The minimum absolute atomic E-state index is 0.232. The molecule has 0 aromatic heterocycles. The molecule has 34 heavy (non-hydrogen) atoms. The molecule has 5 atom stereocenters. The van der Waals surface area contributed by atoms with Crippen LogP contribution in [0.5, 0.6) is 0 Å². The fourth-order valence-corrected chi connectivity index (χ4v) is 3.32. The van der Waals surface area contributed by atoms with E-state index in [2.05, 4.69) is 16.0 Å². The number of nitrogens with one attached hydrogen (secondary N) is 3. The fraction of sp³-hybridized carbons (Fsp3) is 0.700. The van der Waals surface area contributed by atoms with Crippen LogP contribution in [0.2, 0.25) is 0 Å². The molecule has 0 fully saturated rings. The van der Waals surface area contributed by atoms with Gasteiger partial charge in [-0.15, -0.1) is 0 Å². The SMILES string of the molecule is CCC(C)C(NC(=O)C(N)CCSC)C(=O)NC(CCC(N)=O)C(=O)NC(CC(N)=O)C(=O)O. The Labute approximate surface area is 202 Å². The molecule has 13 nitrogen and oxygen atoms in total. The van der Waals surface area contributed by atoms with E-state index in [4.69, 9.17) is 17.2 Å². The number of hydrogen-bond donors (Lipinski definition) is 7. The topological polar surface area (TPSA) is 237 Å². The van der Waals surface area contributed by atoms with Gasteiger partial charge in [0.1, 0.15) is 18.1 Å². The Morgan fingerprint density at radius 2 is 1.47 bits per heavy atom. The maximum atomic E-state index is 13.0. The van der Waals surface area contributed by atoms with Crippen LogP contribution in [-0.2, 0) is 28.8 Å². The zero-order chi connectivity index (χ0) is 26.4. The molecule has 0 aromatic rings. The summed E-state index contributed by atoms with van der Waals surface area (Å²) in [6, 6.07) is -4.85. The lowest BCUT2D eigenvalue weighted by Crippen LogP contribution is -2.59. The zero-order valence-electron chi connectivity index (χ0n) is 19.7. The number of carboxylic acid groups (broad SMARTS) is 1. The first-order valence-corrected chi connectivity index (χ1v) is 12.2. The summed E-state index contributed by atoms with van der Waals surface area (Å²) in [5.74, 6) is -5.08. The van der Waals surface area contributed by atoms with Gasteiger partial charge in [0.2, 0.25) is 29.5 Å². The Bertz CT molecular complexity index is 751. The van der Waals surface area contributed by atoms with Crippen LogP contribution in [0.1, 0.15) is 46.0 Å². The first-order chi connectivity index (χ1) is 15.8. The van der Waals surface area contributed by atoms with E-state index in [-0.39, 0.29) is 18.8 Å². The van der Waals surface area contributed by atoms with Crippen molar-refractivity contribution in [3.8, 4) is 0 Å². The maximum absolute atomic E-state index is 13.0. The molecule has 0 aliphatic carbocycles. The van der Waals surface area contributed by atoms with E-state index < -0.39 is 66.1 Å². The van der Waals surface area contributed by atoms with Crippen LogP contribution in [0, 0.1) is 5.92 Å². The van der Waals surface area contributed by atoms with Gasteiger partial charge in [-0.2, -0.15) is 11.8 Å². The van der Waals surface area contributed by atoms with Crippen LogP contribution in [-0.4, -0.2) is 76.8 Å². The van der Waals surface area contributed by atoms with Crippen LogP contribution in [0.25, 0.3) is 0 Å². The standard InChI is InChI=1S/C20H36N6O7S/c1-4-10(2)16(26-17(29)11(21)7-8-34-3)19(31)24-12(5-6-14(22)27)18(30)25-13(20(32)33)9-15(23)28/h10-13,16H,4-9,21H2,1-3H3,(H2,22,27)(H2,23,28)(H,24,31)(H,25,30)(H,26,29)(H,32,33). The Balaban J connectivity index is 5.60. The number of amides is 5. The number of hydrogen-bond acceptors (Lipinski definition) is 8. The highest BCUT2D eigenvalue weighted by Crippen LogP contribution is 2.11. The molecule has 0 radical (unpaired) electrons. The monoisotopic (exact) mass is 504 g/mol. The molecule has 0 bridgehead atoms. The smallest absolute Gasteiger partial charge is 0.326 e. The summed E-state index contributed by atoms with van der Waals surface area (Å²) < 4.78 is 0. The van der Waals surface area contributed by atoms with Crippen molar-refractivity contribution in [2.45, 2.75) is 70.1 Å². The second-order valence-corrected chi connectivity index (χ2v) is 8.88. The predicted octanol–water partition coefficient (Wildman–Crippen LogP) is -2.21. The normalized spacial score (nSPS) is 15.2. The van der Waals surface area contributed by atoms with Crippen molar-refractivity contribution in [2.75, 3.05) is 12.0 Å². The van der Waals surface area contributed by atoms with Gasteiger partial charge in [0, 0.05) is 6.42 Å². The van der Waals surface area contributed by atoms with Gasteiger partial charge >= 0.3 is 5.97 Å². The third kappa shape index (κ3) is 11.8. The first kappa shape index (κ1) is 31.1. The number of aliphatic carboxylic acids is 1. The molecule has 5 amide bonds. The second kappa shape index (κ2) is 15.9. The molecule has 14 heteroatoms. The van der Waals surface area contributed by atoms with Crippen molar-refractivity contribution in [2.24, 2.45) is 23.1 Å². The summed E-state index contributed by atoms with van der Waals surface area (Å²) >= 11 is 1.52. The highest BCUT2D eigenvalue weighted by molar-refractivity contribution is 7.98. The molecule has 0 aliphatic heterocycles. The van der Waals surface area contributed by atoms with E-state index >= 15 is 0 Å². The number of rotatable bonds is 17. The van der Waals surface area contributed by atoms with Crippen LogP contribution < -0.4 is 33.2 Å². The largest absolute Gasteiger partial charge is 0.480 e. The third-order valence-corrected chi connectivity index (χ3v) is 5.74. The average molecular weight is 505 g/mol. The molecule has 10 N–H and O–H groups in total. The summed E-state index contributed by atoms with van der Waals surface area (Å²) in [7, 11) is 0. The Hall–Kier alpha value is -2.87. The van der Waals surface area contributed by atoms with E-state index in [1.54, 1.807) is 6.92 Å². The van der Waals surface area contributed by atoms with Gasteiger partial charge < -0.3 is 38.3 Å². The molecule has 0 saturated carbocycles. The van der Waals surface area contributed by atoms with Crippen molar-refractivity contribution in [3.05, 3.63) is 0 Å². The number of thioether (sulfide) groups is 1. The van der Waals surface area contributed by atoms with Crippen LogP contribution in [0.15, 0.2) is 0 Å². The molecular weight excluding hydrogens is 468 g/mol. The van der Waals surface area contributed by atoms with Gasteiger partial charge in [-0.1, -0.05) is 20.3 Å². The average Bonchev–Trinajstić information content (AvgIpc) is 2.76. The summed E-state index contributed by atoms with van der Waals surface area (Å²) in [6.07, 6.45) is 1.60. The molecule has 0 aliphatic rings. The minimum Gasteiger partial charge on any atom is -0.480 e. The van der Waals surface area contributed by atoms with E-state index in [0.29, 0.717) is 18.6 Å². The van der Waals surface area contributed by atoms with E-state index in [1.165, 1.54) is 11.8 Å². The lowest BCUT2D eigenvalue weighted by Gasteiger charge is -2.27. The molecule has 5 unspecified atom stereocenters. The van der Waals surface area contributed by atoms with E-state index in [0.717, 1.165) is 0 Å².